The van der Waals surface area contributed by atoms with E-state index in [0.29, 0.717) is 42.5 Å². The maximum Gasteiger partial charge on any atom is 0.243 e. The number of nitrogens with zero attached hydrogens (tertiary/aromatic N) is 4. The molecule has 2 aromatic heterocycles. The number of ether oxygens (including phenoxy) is 1. The molecule has 0 spiro atoms. The minimum atomic E-state index is -3.60. The molecule has 3 aromatic rings. The molecule has 1 saturated heterocycles. The van der Waals surface area contributed by atoms with Crippen LogP contribution in [0.4, 0.5) is 5.82 Å². The lowest BCUT2D eigenvalue weighted by molar-refractivity contribution is 0.382. The molecule has 0 saturated carbocycles. The quantitative estimate of drug-likeness (QED) is 0.600. The van der Waals surface area contributed by atoms with Crippen LogP contribution in [0.25, 0.3) is 11.5 Å². The first kappa shape index (κ1) is 21.3. The smallest absolute Gasteiger partial charge is 0.243 e. The zero-order valence-corrected chi connectivity index (χ0v) is 18.9. The van der Waals surface area contributed by atoms with Crippen molar-refractivity contribution < 1.29 is 17.6 Å². The number of anilines is 1. The Morgan fingerprint density at radius 2 is 1.74 bits per heavy atom. The lowest BCUT2D eigenvalue weighted by Crippen LogP contribution is -2.49. The van der Waals surface area contributed by atoms with Gasteiger partial charge in [0.1, 0.15) is 11.4 Å². The van der Waals surface area contributed by atoms with Crippen LogP contribution in [0.5, 0.6) is 5.75 Å². The van der Waals surface area contributed by atoms with Crippen molar-refractivity contribution in [2.75, 3.05) is 38.2 Å². The molecule has 0 unspecified atom stereocenters. The summed E-state index contributed by atoms with van der Waals surface area (Å²) in [5.74, 6) is 2.12. The van der Waals surface area contributed by atoms with Gasteiger partial charge in [0, 0.05) is 26.2 Å². The number of aromatic nitrogens is 2. The lowest BCUT2D eigenvalue weighted by atomic mass is 10.1. The molecular formula is C22H26N4O4S. The average Bonchev–Trinajstić information content (AvgIpc) is 3.32. The second-order valence-electron chi connectivity index (χ2n) is 7.62. The highest BCUT2D eigenvalue weighted by atomic mass is 32.2. The molecule has 0 amide bonds. The Bertz CT molecular complexity index is 1170. The van der Waals surface area contributed by atoms with Crippen molar-refractivity contribution in [3.05, 3.63) is 53.3 Å². The third-order valence-electron chi connectivity index (χ3n) is 5.79. The van der Waals surface area contributed by atoms with Gasteiger partial charge in [-0.2, -0.15) is 4.31 Å². The molecule has 1 fully saturated rings. The Morgan fingerprint density at radius 3 is 2.32 bits per heavy atom. The Kier molecular flexibility index (Phi) is 5.72. The molecule has 0 radical (unpaired) electrons. The van der Waals surface area contributed by atoms with Crippen LogP contribution < -0.4 is 9.64 Å². The summed E-state index contributed by atoms with van der Waals surface area (Å²) in [4.78, 5) is 2.39. The summed E-state index contributed by atoms with van der Waals surface area (Å²) >= 11 is 0. The second kappa shape index (κ2) is 8.32. The Morgan fingerprint density at radius 1 is 1.00 bits per heavy atom. The van der Waals surface area contributed by atoms with Crippen LogP contribution >= 0.6 is 0 Å². The van der Waals surface area contributed by atoms with Crippen molar-refractivity contribution >= 4 is 15.8 Å². The summed E-state index contributed by atoms with van der Waals surface area (Å²) < 4.78 is 39.0. The Balaban J connectivity index is 1.50. The van der Waals surface area contributed by atoms with Crippen LogP contribution in [0.1, 0.15) is 16.7 Å². The molecule has 31 heavy (non-hydrogen) atoms. The monoisotopic (exact) mass is 442 g/mol. The van der Waals surface area contributed by atoms with Crippen molar-refractivity contribution in [3.63, 3.8) is 0 Å². The molecule has 164 valence electrons. The number of furan rings is 1. The van der Waals surface area contributed by atoms with Crippen LogP contribution in [0.2, 0.25) is 0 Å². The fourth-order valence-electron chi connectivity index (χ4n) is 3.95. The standard InChI is InChI=1S/C22H26N4O4S/c1-15-14-20(16(2)17(3)22(15)29-4)31(27,28)26-11-9-25(10-12-26)21-8-7-18(23-24-21)19-6-5-13-30-19/h5-8,13-14H,9-12H2,1-4H3. The van der Waals surface area contributed by atoms with Crippen molar-refractivity contribution in [2.45, 2.75) is 25.7 Å². The van der Waals surface area contributed by atoms with Gasteiger partial charge in [-0.15, -0.1) is 10.2 Å². The molecule has 0 atom stereocenters. The minimum absolute atomic E-state index is 0.347. The molecule has 0 aliphatic carbocycles. The second-order valence-corrected chi connectivity index (χ2v) is 9.53. The van der Waals surface area contributed by atoms with Gasteiger partial charge < -0.3 is 14.1 Å². The van der Waals surface area contributed by atoms with Crippen LogP contribution in [-0.4, -0.2) is 56.2 Å². The normalized spacial score (nSPS) is 15.3. The molecule has 0 N–H and O–H groups in total. The van der Waals surface area contributed by atoms with Gasteiger partial charge in [-0.25, -0.2) is 8.42 Å². The van der Waals surface area contributed by atoms with E-state index in [9.17, 15) is 8.42 Å². The molecule has 0 bridgehead atoms. The SMILES string of the molecule is COc1c(C)cc(S(=O)(=O)N2CCN(c3ccc(-c4ccco4)nn3)CC2)c(C)c1C. The van der Waals surface area contributed by atoms with Gasteiger partial charge in [0.2, 0.25) is 10.0 Å². The molecular weight excluding hydrogens is 416 g/mol. The maximum absolute atomic E-state index is 13.4. The van der Waals surface area contributed by atoms with Crippen molar-refractivity contribution in [2.24, 2.45) is 0 Å². The molecule has 1 aromatic carbocycles. The van der Waals surface area contributed by atoms with E-state index >= 15 is 0 Å². The number of hydrogen-bond acceptors (Lipinski definition) is 7. The largest absolute Gasteiger partial charge is 0.496 e. The molecule has 4 rings (SSSR count). The van der Waals surface area contributed by atoms with E-state index in [0.717, 1.165) is 28.3 Å². The Hall–Kier alpha value is -2.91. The minimum Gasteiger partial charge on any atom is -0.496 e. The molecule has 3 heterocycles. The summed E-state index contributed by atoms with van der Waals surface area (Å²) in [6.07, 6.45) is 1.60. The molecule has 9 heteroatoms. The molecule has 1 aliphatic rings. The van der Waals surface area contributed by atoms with Crippen LogP contribution in [0.15, 0.2) is 45.9 Å². The number of aryl methyl sites for hydroxylation is 1. The summed E-state index contributed by atoms with van der Waals surface area (Å²) in [6.45, 7) is 7.44. The van der Waals surface area contributed by atoms with Gasteiger partial charge in [0.15, 0.2) is 11.6 Å². The van der Waals surface area contributed by atoms with E-state index < -0.39 is 10.0 Å². The Labute approximate surface area is 182 Å². The predicted octanol–water partition coefficient (Wildman–Crippen LogP) is 3.18. The highest BCUT2D eigenvalue weighted by Crippen LogP contribution is 2.32. The van der Waals surface area contributed by atoms with E-state index in [1.165, 1.54) is 0 Å². The third kappa shape index (κ3) is 3.90. The first-order valence-electron chi connectivity index (χ1n) is 10.1. The lowest BCUT2D eigenvalue weighted by Gasteiger charge is -2.34. The number of benzene rings is 1. The number of methoxy groups -OCH3 is 1. The molecule has 1 aliphatic heterocycles. The first-order chi connectivity index (χ1) is 14.8. The van der Waals surface area contributed by atoms with E-state index in [1.54, 1.807) is 29.8 Å². The fraction of sp³-hybridized carbons (Fsp3) is 0.364. The topological polar surface area (TPSA) is 88.8 Å². The first-order valence-corrected chi connectivity index (χ1v) is 11.5. The van der Waals surface area contributed by atoms with Crippen LogP contribution in [0, 0.1) is 20.8 Å². The number of sulfonamides is 1. The van der Waals surface area contributed by atoms with Crippen LogP contribution in [0.3, 0.4) is 0 Å². The third-order valence-corrected chi connectivity index (χ3v) is 7.81. The van der Waals surface area contributed by atoms with Gasteiger partial charge in [0.05, 0.1) is 18.3 Å². The van der Waals surface area contributed by atoms with Gasteiger partial charge >= 0.3 is 0 Å². The highest BCUT2D eigenvalue weighted by Gasteiger charge is 2.31. The number of hydrogen-bond donors (Lipinski definition) is 0. The van der Waals surface area contributed by atoms with Crippen molar-refractivity contribution in [1.82, 2.24) is 14.5 Å². The van der Waals surface area contributed by atoms with Gasteiger partial charge in [-0.1, -0.05) is 0 Å². The van der Waals surface area contributed by atoms with Crippen molar-refractivity contribution in [3.8, 4) is 17.2 Å². The summed E-state index contributed by atoms with van der Waals surface area (Å²) in [5.41, 5.74) is 3.06. The number of rotatable bonds is 5. The maximum atomic E-state index is 13.4. The zero-order valence-electron chi connectivity index (χ0n) is 18.1. The van der Waals surface area contributed by atoms with Gasteiger partial charge in [-0.05, 0) is 67.8 Å². The van der Waals surface area contributed by atoms with E-state index in [2.05, 4.69) is 10.2 Å². The predicted molar refractivity (Wildman–Crippen MR) is 118 cm³/mol. The average molecular weight is 443 g/mol. The van der Waals surface area contributed by atoms with E-state index in [-0.39, 0.29) is 0 Å². The van der Waals surface area contributed by atoms with Crippen molar-refractivity contribution in [1.29, 1.82) is 0 Å². The summed E-state index contributed by atoms with van der Waals surface area (Å²) in [5, 5.41) is 8.52. The zero-order chi connectivity index (χ0) is 22.2. The summed E-state index contributed by atoms with van der Waals surface area (Å²) in [7, 11) is -2.00. The van der Waals surface area contributed by atoms with Crippen LogP contribution in [-0.2, 0) is 10.0 Å². The van der Waals surface area contributed by atoms with E-state index in [4.69, 9.17) is 9.15 Å². The van der Waals surface area contributed by atoms with Gasteiger partial charge in [0.25, 0.3) is 0 Å². The fourth-order valence-corrected chi connectivity index (χ4v) is 5.74. The van der Waals surface area contributed by atoms with Gasteiger partial charge in [-0.3, -0.25) is 0 Å². The summed E-state index contributed by atoms with van der Waals surface area (Å²) in [6, 6.07) is 9.09. The molecule has 8 nitrogen and oxygen atoms in total. The highest BCUT2D eigenvalue weighted by molar-refractivity contribution is 7.89. The van der Waals surface area contributed by atoms with E-state index in [1.807, 2.05) is 43.9 Å². The number of piperazine rings is 1.